The van der Waals surface area contributed by atoms with Gasteiger partial charge in [0, 0.05) is 0 Å². The van der Waals surface area contributed by atoms with Crippen LogP contribution in [0, 0.1) is 23.2 Å². The zero-order valence-corrected chi connectivity index (χ0v) is 9.35. The fraction of sp³-hybridized carbons (Fsp3) is 1.00. The van der Waals surface area contributed by atoms with E-state index in [9.17, 15) is 0 Å². The summed E-state index contributed by atoms with van der Waals surface area (Å²) in [4.78, 5) is 0. The molecule has 0 N–H and O–H groups in total. The average molecular weight is 168 g/mol. The van der Waals surface area contributed by atoms with Crippen molar-refractivity contribution >= 4 is 0 Å². The summed E-state index contributed by atoms with van der Waals surface area (Å²) in [5.74, 6) is 3.04. The van der Waals surface area contributed by atoms with Gasteiger partial charge in [-0.1, -0.05) is 34.6 Å². The van der Waals surface area contributed by atoms with Gasteiger partial charge in [0.1, 0.15) is 0 Å². The Kier molecular flexibility index (Phi) is 2.85. The van der Waals surface area contributed by atoms with Gasteiger partial charge in [-0.25, -0.2) is 0 Å². The molecule has 0 spiro atoms. The van der Waals surface area contributed by atoms with Crippen molar-refractivity contribution in [3.05, 3.63) is 0 Å². The van der Waals surface area contributed by atoms with Crippen LogP contribution < -0.4 is 0 Å². The second-order valence-electron chi connectivity index (χ2n) is 6.15. The van der Waals surface area contributed by atoms with E-state index in [0.717, 1.165) is 17.8 Å². The van der Waals surface area contributed by atoms with E-state index >= 15 is 0 Å². The van der Waals surface area contributed by atoms with Crippen LogP contribution in [0.15, 0.2) is 0 Å². The highest BCUT2D eigenvalue weighted by Gasteiger charge is 2.38. The van der Waals surface area contributed by atoms with E-state index in [4.69, 9.17) is 0 Å². The molecule has 72 valence electrons. The second kappa shape index (κ2) is 3.40. The summed E-state index contributed by atoms with van der Waals surface area (Å²) in [6.07, 6.45) is 4.40. The fourth-order valence-corrected chi connectivity index (χ4v) is 2.24. The molecular formula is C12H24. The first kappa shape index (κ1) is 10.1. The number of hydrogen-bond acceptors (Lipinski definition) is 0. The molecule has 0 heterocycles. The molecule has 0 unspecified atom stereocenters. The van der Waals surface area contributed by atoms with Crippen molar-refractivity contribution < 1.29 is 0 Å². The van der Waals surface area contributed by atoms with Crippen LogP contribution in [0.4, 0.5) is 0 Å². The molecule has 2 atom stereocenters. The average Bonchev–Trinajstić information content (AvgIpc) is 2.40. The van der Waals surface area contributed by atoms with Crippen LogP contribution in [0.25, 0.3) is 0 Å². The Morgan fingerprint density at radius 3 is 2.17 bits per heavy atom. The van der Waals surface area contributed by atoms with Gasteiger partial charge in [-0.15, -0.1) is 0 Å². The van der Waals surface area contributed by atoms with Gasteiger partial charge in [-0.3, -0.25) is 0 Å². The molecule has 0 aromatic heterocycles. The standard InChI is InChI=1S/C12H24/c1-9(2)6-10-7-11(10)8-12(3,4)5/h9-11H,6-8H2,1-5H3/t10-,11-/m1/s1. The first-order valence-corrected chi connectivity index (χ1v) is 5.38. The van der Waals surface area contributed by atoms with Crippen molar-refractivity contribution in [2.24, 2.45) is 23.2 Å². The molecule has 0 amide bonds. The van der Waals surface area contributed by atoms with Crippen molar-refractivity contribution in [1.82, 2.24) is 0 Å². The van der Waals surface area contributed by atoms with Crippen molar-refractivity contribution in [1.29, 1.82) is 0 Å². The van der Waals surface area contributed by atoms with Crippen LogP contribution in [0.1, 0.15) is 53.9 Å². The molecular weight excluding hydrogens is 144 g/mol. The minimum Gasteiger partial charge on any atom is -0.0628 e. The summed E-state index contributed by atoms with van der Waals surface area (Å²) in [7, 11) is 0. The van der Waals surface area contributed by atoms with Crippen LogP contribution in [-0.2, 0) is 0 Å². The lowest BCUT2D eigenvalue weighted by Crippen LogP contribution is -2.06. The Bertz CT molecular complexity index is 139. The molecule has 1 rings (SSSR count). The van der Waals surface area contributed by atoms with E-state index in [1.807, 2.05) is 0 Å². The van der Waals surface area contributed by atoms with E-state index in [2.05, 4.69) is 34.6 Å². The molecule has 0 radical (unpaired) electrons. The highest BCUT2D eigenvalue weighted by molar-refractivity contribution is 4.89. The summed E-state index contributed by atoms with van der Waals surface area (Å²) in [5.41, 5.74) is 0.552. The highest BCUT2D eigenvalue weighted by Crippen LogP contribution is 2.49. The Hall–Kier alpha value is 0. The molecule has 0 heteroatoms. The van der Waals surface area contributed by atoms with Crippen LogP contribution in [-0.4, -0.2) is 0 Å². The van der Waals surface area contributed by atoms with Crippen molar-refractivity contribution in [3.63, 3.8) is 0 Å². The van der Waals surface area contributed by atoms with Gasteiger partial charge in [-0.2, -0.15) is 0 Å². The molecule has 1 aliphatic carbocycles. The topological polar surface area (TPSA) is 0 Å². The Labute approximate surface area is 77.7 Å². The summed E-state index contributed by atoms with van der Waals surface area (Å²) < 4.78 is 0. The quantitative estimate of drug-likeness (QED) is 0.595. The minimum absolute atomic E-state index is 0.552. The maximum Gasteiger partial charge on any atom is -0.0378 e. The molecule has 0 aliphatic heterocycles. The molecule has 1 saturated carbocycles. The minimum atomic E-state index is 0.552. The van der Waals surface area contributed by atoms with E-state index in [1.165, 1.54) is 19.3 Å². The highest BCUT2D eigenvalue weighted by atomic mass is 14.4. The lowest BCUT2D eigenvalue weighted by molar-refractivity contribution is 0.337. The third-order valence-electron chi connectivity index (χ3n) is 2.72. The smallest absolute Gasteiger partial charge is 0.0378 e. The summed E-state index contributed by atoms with van der Waals surface area (Å²) in [6, 6.07) is 0. The predicted octanol–water partition coefficient (Wildman–Crippen LogP) is 4.10. The van der Waals surface area contributed by atoms with E-state index in [-0.39, 0.29) is 0 Å². The largest absolute Gasteiger partial charge is 0.0628 e. The van der Waals surface area contributed by atoms with E-state index < -0.39 is 0 Å². The van der Waals surface area contributed by atoms with Gasteiger partial charge in [0.25, 0.3) is 0 Å². The molecule has 12 heavy (non-hydrogen) atoms. The Morgan fingerprint density at radius 1 is 1.17 bits per heavy atom. The van der Waals surface area contributed by atoms with Crippen LogP contribution in [0.5, 0.6) is 0 Å². The van der Waals surface area contributed by atoms with Gasteiger partial charge < -0.3 is 0 Å². The van der Waals surface area contributed by atoms with E-state index in [0.29, 0.717) is 5.41 Å². The Morgan fingerprint density at radius 2 is 1.75 bits per heavy atom. The predicted molar refractivity (Wildman–Crippen MR) is 55.1 cm³/mol. The van der Waals surface area contributed by atoms with Crippen molar-refractivity contribution in [3.8, 4) is 0 Å². The number of rotatable bonds is 3. The SMILES string of the molecule is CC(C)C[C@@H]1C[C@@H]1CC(C)(C)C. The summed E-state index contributed by atoms with van der Waals surface area (Å²) in [5, 5.41) is 0. The normalized spacial score (nSPS) is 29.5. The number of hydrogen-bond donors (Lipinski definition) is 0. The van der Waals surface area contributed by atoms with Crippen LogP contribution in [0.2, 0.25) is 0 Å². The third-order valence-corrected chi connectivity index (χ3v) is 2.72. The second-order valence-corrected chi connectivity index (χ2v) is 6.15. The molecule has 0 bridgehead atoms. The fourth-order valence-electron chi connectivity index (χ4n) is 2.24. The van der Waals surface area contributed by atoms with Crippen LogP contribution >= 0.6 is 0 Å². The van der Waals surface area contributed by atoms with Gasteiger partial charge in [0.15, 0.2) is 0 Å². The van der Waals surface area contributed by atoms with Gasteiger partial charge >= 0.3 is 0 Å². The lowest BCUT2D eigenvalue weighted by atomic mass is 9.88. The first-order valence-electron chi connectivity index (χ1n) is 5.38. The molecule has 1 fully saturated rings. The molecule has 0 saturated heterocycles. The summed E-state index contributed by atoms with van der Waals surface area (Å²) in [6.45, 7) is 11.8. The maximum atomic E-state index is 2.36. The third kappa shape index (κ3) is 3.60. The molecule has 0 nitrogen and oxygen atoms in total. The zero-order chi connectivity index (χ0) is 9.35. The molecule has 1 aliphatic rings. The van der Waals surface area contributed by atoms with Gasteiger partial charge in [0.05, 0.1) is 0 Å². The van der Waals surface area contributed by atoms with Crippen molar-refractivity contribution in [2.75, 3.05) is 0 Å². The van der Waals surface area contributed by atoms with Gasteiger partial charge in [0.2, 0.25) is 0 Å². The lowest BCUT2D eigenvalue weighted by Gasteiger charge is -2.17. The van der Waals surface area contributed by atoms with E-state index in [1.54, 1.807) is 0 Å². The molecule has 0 aromatic carbocycles. The van der Waals surface area contributed by atoms with Crippen molar-refractivity contribution in [2.45, 2.75) is 53.9 Å². The monoisotopic (exact) mass is 168 g/mol. The first-order chi connectivity index (χ1) is 5.38. The Balaban J connectivity index is 2.16. The zero-order valence-electron chi connectivity index (χ0n) is 9.35. The van der Waals surface area contributed by atoms with Crippen LogP contribution in [0.3, 0.4) is 0 Å². The molecule has 0 aromatic rings. The maximum absolute atomic E-state index is 2.36. The van der Waals surface area contributed by atoms with Gasteiger partial charge in [-0.05, 0) is 42.4 Å². The summed E-state index contributed by atoms with van der Waals surface area (Å²) >= 11 is 0.